The highest BCUT2D eigenvalue weighted by molar-refractivity contribution is 5.71. The standard InChI is InChI=1S/C69H126O6/c1-4-7-10-13-16-19-22-25-27-29-31-32-33-34-35-36-37-38-39-41-42-44-47-50-53-56-59-62-68(71)74-65-66(64-73-67(70)61-58-55-52-49-46-24-21-18-15-12-9-6-3)75-69(72)63-60-57-54-51-48-45-43-40-30-28-26-23-20-17-14-11-8-5-2/h18,21-22,25,28-31,66H,4-17,19-20,23-24,26-27,32-65H2,1-3H3/b21-18-,25-22-,30-28-,31-29-. The number of esters is 3. The summed E-state index contributed by atoms with van der Waals surface area (Å²) in [6.45, 7) is 6.64. The van der Waals surface area contributed by atoms with Gasteiger partial charge in [0.05, 0.1) is 0 Å². The molecule has 0 saturated carbocycles. The van der Waals surface area contributed by atoms with E-state index in [-0.39, 0.29) is 31.1 Å². The first-order chi connectivity index (χ1) is 37.0. The van der Waals surface area contributed by atoms with Crippen molar-refractivity contribution in [2.45, 2.75) is 361 Å². The lowest BCUT2D eigenvalue weighted by Gasteiger charge is -2.18. The zero-order chi connectivity index (χ0) is 54.3. The van der Waals surface area contributed by atoms with Crippen LogP contribution in [0.25, 0.3) is 0 Å². The number of hydrogen-bond donors (Lipinski definition) is 0. The third-order valence-electron chi connectivity index (χ3n) is 14.8. The summed E-state index contributed by atoms with van der Waals surface area (Å²) in [5, 5.41) is 0. The third kappa shape index (κ3) is 62.1. The molecule has 0 fully saturated rings. The van der Waals surface area contributed by atoms with Gasteiger partial charge in [0.15, 0.2) is 6.10 Å². The Balaban J connectivity index is 4.22. The van der Waals surface area contributed by atoms with E-state index in [1.165, 1.54) is 244 Å². The fourth-order valence-corrected chi connectivity index (χ4v) is 9.76. The van der Waals surface area contributed by atoms with Crippen LogP contribution in [0.4, 0.5) is 0 Å². The first kappa shape index (κ1) is 72.4. The first-order valence-corrected chi connectivity index (χ1v) is 33.1. The normalized spacial score (nSPS) is 12.3. The van der Waals surface area contributed by atoms with Gasteiger partial charge in [0.2, 0.25) is 0 Å². The highest BCUT2D eigenvalue weighted by Crippen LogP contribution is 2.17. The summed E-state index contributed by atoms with van der Waals surface area (Å²) in [6.07, 6.45) is 79.9. The first-order valence-electron chi connectivity index (χ1n) is 33.1. The van der Waals surface area contributed by atoms with Crippen LogP contribution in [0.5, 0.6) is 0 Å². The van der Waals surface area contributed by atoms with E-state index in [9.17, 15) is 14.4 Å². The van der Waals surface area contributed by atoms with E-state index in [2.05, 4.69) is 69.4 Å². The summed E-state index contributed by atoms with van der Waals surface area (Å²) in [4.78, 5) is 38.3. The number of unbranched alkanes of at least 4 members (excludes halogenated alkanes) is 42. The van der Waals surface area contributed by atoms with Crippen LogP contribution in [-0.4, -0.2) is 37.2 Å². The van der Waals surface area contributed by atoms with Crippen LogP contribution in [0.2, 0.25) is 0 Å². The van der Waals surface area contributed by atoms with Gasteiger partial charge in [0.25, 0.3) is 0 Å². The Morgan fingerprint density at radius 1 is 0.267 bits per heavy atom. The highest BCUT2D eigenvalue weighted by Gasteiger charge is 2.19. The van der Waals surface area contributed by atoms with Gasteiger partial charge < -0.3 is 14.2 Å². The fourth-order valence-electron chi connectivity index (χ4n) is 9.76. The monoisotopic (exact) mass is 1050 g/mol. The number of carbonyl (C=O) groups is 3. The van der Waals surface area contributed by atoms with Crippen molar-refractivity contribution in [1.29, 1.82) is 0 Å². The van der Waals surface area contributed by atoms with Crippen LogP contribution in [0.3, 0.4) is 0 Å². The molecule has 0 amide bonds. The molecule has 0 heterocycles. The van der Waals surface area contributed by atoms with E-state index in [1.54, 1.807) is 0 Å². The molecule has 6 heteroatoms. The molecule has 0 aliphatic carbocycles. The Morgan fingerprint density at radius 2 is 0.480 bits per heavy atom. The van der Waals surface area contributed by atoms with Crippen molar-refractivity contribution in [3.63, 3.8) is 0 Å². The summed E-state index contributed by atoms with van der Waals surface area (Å²) < 4.78 is 16.9. The summed E-state index contributed by atoms with van der Waals surface area (Å²) in [7, 11) is 0. The van der Waals surface area contributed by atoms with Gasteiger partial charge in [-0.05, 0) is 103 Å². The molecule has 0 aromatic rings. The predicted molar refractivity (Wildman–Crippen MR) is 325 cm³/mol. The molecule has 0 aliphatic heterocycles. The molecule has 75 heavy (non-hydrogen) atoms. The van der Waals surface area contributed by atoms with Crippen LogP contribution in [0.1, 0.15) is 355 Å². The van der Waals surface area contributed by atoms with Gasteiger partial charge in [-0.2, -0.15) is 0 Å². The highest BCUT2D eigenvalue weighted by atomic mass is 16.6. The Hall–Kier alpha value is -2.63. The molecular weight excluding hydrogens is 925 g/mol. The Labute approximate surface area is 467 Å². The van der Waals surface area contributed by atoms with Crippen LogP contribution in [0.15, 0.2) is 48.6 Å². The second kappa shape index (κ2) is 63.9. The topological polar surface area (TPSA) is 78.9 Å². The minimum Gasteiger partial charge on any atom is -0.462 e. The molecule has 0 radical (unpaired) electrons. The van der Waals surface area contributed by atoms with Crippen LogP contribution in [-0.2, 0) is 28.6 Å². The Bertz CT molecular complexity index is 1300. The summed E-state index contributed by atoms with van der Waals surface area (Å²) in [5.74, 6) is -0.869. The number of ether oxygens (including phenoxy) is 3. The molecule has 0 saturated heterocycles. The van der Waals surface area contributed by atoms with Crippen molar-refractivity contribution in [2.24, 2.45) is 0 Å². The summed E-state index contributed by atoms with van der Waals surface area (Å²) in [5.41, 5.74) is 0. The van der Waals surface area contributed by atoms with Crippen LogP contribution < -0.4 is 0 Å². The van der Waals surface area contributed by atoms with Crippen LogP contribution >= 0.6 is 0 Å². The van der Waals surface area contributed by atoms with E-state index in [0.29, 0.717) is 19.3 Å². The average molecular weight is 1050 g/mol. The lowest BCUT2D eigenvalue weighted by molar-refractivity contribution is -0.167. The maximum atomic E-state index is 12.9. The van der Waals surface area contributed by atoms with Crippen molar-refractivity contribution in [3.8, 4) is 0 Å². The molecule has 1 atom stereocenters. The van der Waals surface area contributed by atoms with Crippen molar-refractivity contribution >= 4 is 17.9 Å². The second-order valence-electron chi connectivity index (χ2n) is 22.4. The quantitative estimate of drug-likeness (QED) is 0.0261. The van der Waals surface area contributed by atoms with Gasteiger partial charge >= 0.3 is 17.9 Å². The zero-order valence-corrected chi connectivity index (χ0v) is 50.3. The SMILES string of the molecule is CCCCC/C=C\CCCCCCCC(=O)OCC(COC(=O)CCCCCCCCCCCCCCCCC/C=C\C/C=C\CCCCCCC)OC(=O)CCCCCCCCC/C=C\CCCCCCCCC. The molecule has 6 nitrogen and oxygen atoms in total. The van der Waals surface area contributed by atoms with E-state index >= 15 is 0 Å². The van der Waals surface area contributed by atoms with Crippen LogP contribution in [0, 0.1) is 0 Å². The smallest absolute Gasteiger partial charge is 0.306 e. The lowest BCUT2D eigenvalue weighted by atomic mass is 10.0. The van der Waals surface area contributed by atoms with E-state index in [0.717, 1.165) is 70.6 Å². The summed E-state index contributed by atoms with van der Waals surface area (Å²) in [6, 6.07) is 0. The van der Waals surface area contributed by atoms with E-state index < -0.39 is 6.10 Å². The van der Waals surface area contributed by atoms with Crippen molar-refractivity contribution in [3.05, 3.63) is 48.6 Å². The molecule has 0 aromatic heterocycles. The second-order valence-corrected chi connectivity index (χ2v) is 22.4. The molecule has 0 bridgehead atoms. The molecule has 438 valence electrons. The number of hydrogen-bond acceptors (Lipinski definition) is 6. The van der Waals surface area contributed by atoms with Gasteiger partial charge in [0, 0.05) is 19.3 Å². The van der Waals surface area contributed by atoms with E-state index in [4.69, 9.17) is 14.2 Å². The zero-order valence-electron chi connectivity index (χ0n) is 50.3. The Morgan fingerprint density at radius 3 is 0.773 bits per heavy atom. The largest absolute Gasteiger partial charge is 0.462 e. The van der Waals surface area contributed by atoms with Crippen molar-refractivity contribution in [1.82, 2.24) is 0 Å². The van der Waals surface area contributed by atoms with Crippen molar-refractivity contribution in [2.75, 3.05) is 13.2 Å². The van der Waals surface area contributed by atoms with Gasteiger partial charge in [-0.3, -0.25) is 14.4 Å². The number of allylic oxidation sites excluding steroid dienone is 8. The Kier molecular flexibility index (Phi) is 61.7. The lowest BCUT2D eigenvalue weighted by Crippen LogP contribution is -2.30. The molecule has 0 N–H and O–H groups in total. The average Bonchev–Trinajstić information content (AvgIpc) is 3.41. The molecule has 0 spiro atoms. The fraction of sp³-hybridized carbons (Fsp3) is 0.841. The minimum atomic E-state index is -0.778. The number of rotatable bonds is 61. The minimum absolute atomic E-state index is 0.0745. The van der Waals surface area contributed by atoms with Crippen molar-refractivity contribution < 1.29 is 28.6 Å². The van der Waals surface area contributed by atoms with Gasteiger partial charge in [-0.15, -0.1) is 0 Å². The van der Waals surface area contributed by atoms with Gasteiger partial charge in [-0.1, -0.05) is 281 Å². The molecule has 0 aliphatic rings. The van der Waals surface area contributed by atoms with Gasteiger partial charge in [0.1, 0.15) is 13.2 Å². The molecule has 0 aromatic carbocycles. The molecular formula is C69H126O6. The maximum Gasteiger partial charge on any atom is 0.306 e. The predicted octanol–water partition coefficient (Wildman–Crippen LogP) is 22.6. The maximum absolute atomic E-state index is 12.9. The molecule has 0 rings (SSSR count). The summed E-state index contributed by atoms with van der Waals surface area (Å²) >= 11 is 0. The number of carbonyl (C=O) groups excluding carboxylic acids is 3. The van der Waals surface area contributed by atoms with E-state index in [1.807, 2.05) is 0 Å². The third-order valence-corrected chi connectivity index (χ3v) is 14.8. The van der Waals surface area contributed by atoms with Gasteiger partial charge in [-0.25, -0.2) is 0 Å². The molecule has 1 unspecified atom stereocenters.